The lowest BCUT2D eigenvalue weighted by molar-refractivity contribution is 0.0692. The molecule has 0 bridgehead atoms. The van der Waals surface area contributed by atoms with Gasteiger partial charge in [-0.15, -0.1) is 0 Å². The van der Waals surface area contributed by atoms with Crippen molar-refractivity contribution < 1.29 is 19.0 Å². The van der Waals surface area contributed by atoms with Crippen molar-refractivity contribution in [1.29, 1.82) is 0 Å². The lowest BCUT2D eigenvalue weighted by Gasteiger charge is -2.10. The molecule has 1 aromatic heterocycles. The quantitative estimate of drug-likeness (QED) is 0.529. The molecule has 0 saturated heterocycles. The number of benzene rings is 1. The van der Waals surface area contributed by atoms with Crippen molar-refractivity contribution in [2.24, 2.45) is 5.11 Å². The van der Waals surface area contributed by atoms with Gasteiger partial charge in [0, 0.05) is 15.9 Å². The largest absolute Gasteiger partial charge is 0.480 e. The highest BCUT2D eigenvalue weighted by atomic mass is 35.5. The molecule has 0 amide bonds. The Balaban J connectivity index is 2.85. The van der Waals surface area contributed by atoms with Crippen molar-refractivity contribution in [3.05, 3.63) is 44.5 Å². The lowest BCUT2D eigenvalue weighted by atomic mass is 10.1. The molecule has 0 aliphatic carbocycles. The third-order valence-corrected chi connectivity index (χ3v) is 3.05. The van der Waals surface area contributed by atoms with Gasteiger partial charge in [0.15, 0.2) is 0 Å². The first-order valence-electron chi connectivity index (χ1n) is 5.59. The number of aromatic carboxylic acids is 1. The van der Waals surface area contributed by atoms with E-state index in [0.717, 1.165) is 0 Å². The van der Waals surface area contributed by atoms with E-state index in [1.165, 1.54) is 19.2 Å². The first kappa shape index (κ1) is 14.8. The van der Waals surface area contributed by atoms with Gasteiger partial charge in [-0.05, 0) is 17.7 Å². The summed E-state index contributed by atoms with van der Waals surface area (Å²) in [5, 5.41) is 12.5. The fraction of sp³-hybridized carbons (Fsp3) is 0.167. The number of fused-ring (bicyclic) bond motifs is 1. The van der Waals surface area contributed by atoms with Gasteiger partial charge >= 0.3 is 5.97 Å². The van der Waals surface area contributed by atoms with Crippen molar-refractivity contribution in [2.45, 2.75) is 6.54 Å². The van der Waals surface area contributed by atoms with E-state index < -0.39 is 11.8 Å². The number of hydrogen-bond donors (Lipinski definition) is 1. The Morgan fingerprint density at radius 1 is 1.62 bits per heavy atom. The third kappa shape index (κ3) is 2.67. The molecular weight excluding hydrogens is 303 g/mol. The second kappa shape index (κ2) is 5.82. The highest BCUT2D eigenvalue weighted by Gasteiger charge is 2.19. The number of carboxylic acid groups (broad SMARTS) is 1. The highest BCUT2D eigenvalue weighted by Crippen LogP contribution is 2.31. The number of nitrogens with zero attached hydrogens (tertiary/aromatic N) is 4. The van der Waals surface area contributed by atoms with Crippen LogP contribution in [-0.4, -0.2) is 23.2 Å². The molecule has 9 heteroatoms. The maximum Gasteiger partial charge on any atom is 0.341 e. The number of halogens is 2. The Hall–Kier alpha value is -2.57. The molecule has 0 spiro atoms. The lowest BCUT2D eigenvalue weighted by Crippen LogP contribution is -2.04. The number of carbonyl (C=O) groups is 1. The summed E-state index contributed by atoms with van der Waals surface area (Å²) in [6, 6.07) is 2.53. The molecule has 2 aromatic rings. The zero-order valence-corrected chi connectivity index (χ0v) is 11.4. The van der Waals surface area contributed by atoms with Gasteiger partial charge in [-0.2, -0.15) is 0 Å². The number of hydrogen-bond acceptors (Lipinski definition) is 4. The molecule has 21 heavy (non-hydrogen) atoms. The van der Waals surface area contributed by atoms with Crippen LogP contribution in [0.3, 0.4) is 0 Å². The molecule has 0 radical (unpaired) electrons. The maximum absolute atomic E-state index is 14.0. The first-order valence-corrected chi connectivity index (χ1v) is 5.97. The Morgan fingerprint density at radius 2 is 2.33 bits per heavy atom. The standard InChI is InChI=1S/C12H8ClFN4O3/c1-21-11-6(12(19)20)2-5-3-8(13)9(14)7(4-16-18-15)10(5)17-11/h2-3H,4H2,1H3,(H,19,20). The number of azide groups is 1. The average Bonchev–Trinajstić information content (AvgIpc) is 2.46. The SMILES string of the molecule is COc1nc2c(CN=[N+]=[N-])c(F)c(Cl)cc2cc1C(=O)O. The summed E-state index contributed by atoms with van der Waals surface area (Å²) in [6.45, 7) is -0.304. The van der Waals surface area contributed by atoms with E-state index in [0.29, 0.717) is 5.39 Å². The van der Waals surface area contributed by atoms with Crippen molar-refractivity contribution in [2.75, 3.05) is 7.11 Å². The van der Waals surface area contributed by atoms with E-state index >= 15 is 0 Å². The van der Waals surface area contributed by atoms with Crippen LogP contribution in [-0.2, 0) is 6.54 Å². The van der Waals surface area contributed by atoms with E-state index in [9.17, 15) is 9.18 Å². The van der Waals surface area contributed by atoms with Gasteiger partial charge in [0.25, 0.3) is 0 Å². The van der Waals surface area contributed by atoms with Crippen molar-refractivity contribution in [3.63, 3.8) is 0 Å². The van der Waals surface area contributed by atoms with E-state index in [1.54, 1.807) is 0 Å². The third-order valence-electron chi connectivity index (χ3n) is 2.78. The normalized spacial score (nSPS) is 10.2. The highest BCUT2D eigenvalue weighted by molar-refractivity contribution is 6.31. The molecule has 0 unspecified atom stereocenters. The first-order chi connectivity index (χ1) is 9.99. The van der Waals surface area contributed by atoms with Crippen LogP contribution in [0.15, 0.2) is 17.2 Å². The molecule has 2 rings (SSSR count). The number of pyridine rings is 1. The van der Waals surface area contributed by atoms with Crippen LogP contribution in [0.1, 0.15) is 15.9 Å². The van der Waals surface area contributed by atoms with Crippen molar-refractivity contribution in [1.82, 2.24) is 4.98 Å². The maximum atomic E-state index is 14.0. The summed E-state index contributed by atoms with van der Waals surface area (Å²) in [6.07, 6.45) is 0. The van der Waals surface area contributed by atoms with Gasteiger partial charge in [0.1, 0.15) is 11.4 Å². The fourth-order valence-corrected chi connectivity index (χ4v) is 2.10. The average molecular weight is 311 g/mol. The molecule has 0 aliphatic rings. The van der Waals surface area contributed by atoms with Crippen LogP contribution >= 0.6 is 11.6 Å². The molecule has 0 aliphatic heterocycles. The summed E-state index contributed by atoms with van der Waals surface area (Å²) in [5.74, 6) is -2.17. The number of carboxylic acids is 1. The van der Waals surface area contributed by atoms with Crippen LogP contribution < -0.4 is 4.74 Å². The Morgan fingerprint density at radius 3 is 2.90 bits per heavy atom. The van der Waals surface area contributed by atoms with Gasteiger partial charge in [-0.1, -0.05) is 16.7 Å². The van der Waals surface area contributed by atoms with Gasteiger partial charge in [0.05, 0.1) is 24.2 Å². The van der Waals surface area contributed by atoms with Crippen LogP contribution in [0.4, 0.5) is 4.39 Å². The molecule has 1 heterocycles. The molecule has 1 N–H and O–H groups in total. The molecular formula is C12H8ClFN4O3. The van der Waals surface area contributed by atoms with Crippen LogP contribution in [0.25, 0.3) is 21.3 Å². The summed E-state index contributed by atoms with van der Waals surface area (Å²) < 4.78 is 18.9. The van der Waals surface area contributed by atoms with E-state index in [2.05, 4.69) is 15.0 Å². The zero-order chi connectivity index (χ0) is 15.6. The number of aromatic nitrogens is 1. The Bertz CT molecular complexity index is 790. The van der Waals surface area contributed by atoms with Gasteiger partial charge in [-0.3, -0.25) is 0 Å². The number of ether oxygens (including phenoxy) is 1. The molecule has 0 atom stereocenters. The van der Waals surface area contributed by atoms with Crippen molar-refractivity contribution >= 4 is 28.5 Å². The van der Waals surface area contributed by atoms with Gasteiger partial charge in [-0.25, -0.2) is 14.2 Å². The number of rotatable bonds is 4. The fourth-order valence-electron chi connectivity index (χ4n) is 1.87. The summed E-state index contributed by atoms with van der Waals surface area (Å²) in [5.41, 5.74) is 8.29. The molecule has 1 aromatic carbocycles. The van der Waals surface area contributed by atoms with Crippen LogP contribution in [0.5, 0.6) is 5.88 Å². The second-order valence-electron chi connectivity index (χ2n) is 3.96. The summed E-state index contributed by atoms with van der Waals surface area (Å²) in [4.78, 5) is 17.7. The molecule has 108 valence electrons. The van der Waals surface area contributed by atoms with Gasteiger partial charge in [0.2, 0.25) is 5.88 Å². The zero-order valence-electron chi connectivity index (χ0n) is 10.7. The monoisotopic (exact) mass is 310 g/mol. The minimum atomic E-state index is -1.24. The van der Waals surface area contributed by atoms with Crippen molar-refractivity contribution in [3.8, 4) is 5.88 Å². The minimum absolute atomic E-state index is 0.0226. The van der Waals surface area contributed by atoms with Crippen LogP contribution in [0, 0.1) is 5.82 Å². The molecule has 0 fully saturated rings. The van der Waals surface area contributed by atoms with Crippen LogP contribution in [0.2, 0.25) is 5.02 Å². The summed E-state index contributed by atoms with van der Waals surface area (Å²) >= 11 is 5.76. The smallest absolute Gasteiger partial charge is 0.341 e. The van der Waals surface area contributed by atoms with E-state index in [1.807, 2.05) is 0 Å². The second-order valence-corrected chi connectivity index (χ2v) is 4.37. The van der Waals surface area contributed by atoms with E-state index in [4.69, 9.17) is 27.0 Å². The topological polar surface area (TPSA) is 108 Å². The van der Waals surface area contributed by atoms with E-state index in [-0.39, 0.29) is 34.1 Å². The Kier molecular flexibility index (Phi) is 4.11. The summed E-state index contributed by atoms with van der Waals surface area (Å²) in [7, 11) is 1.25. The van der Waals surface area contributed by atoms with Gasteiger partial charge < -0.3 is 9.84 Å². The Labute approximate surface area is 122 Å². The minimum Gasteiger partial charge on any atom is -0.480 e. The number of methoxy groups -OCH3 is 1. The predicted octanol–water partition coefficient (Wildman–Crippen LogP) is 3.54. The molecule has 7 nitrogen and oxygen atoms in total. The molecule has 0 saturated carbocycles. The predicted molar refractivity (Wildman–Crippen MR) is 73.1 cm³/mol.